The monoisotopic (exact) mass is 299 g/mol. The van der Waals surface area contributed by atoms with Crippen molar-refractivity contribution in [3.63, 3.8) is 0 Å². The average molecular weight is 299 g/mol. The number of carbonyl (C=O) groups excluding carboxylic acids is 1. The van der Waals surface area contributed by atoms with Gasteiger partial charge in [0.05, 0.1) is 5.54 Å². The minimum atomic E-state index is -0.391. The molecule has 1 amide bonds. The third-order valence-corrected chi connectivity index (χ3v) is 5.41. The van der Waals surface area contributed by atoms with E-state index in [4.69, 9.17) is 0 Å². The number of thioether (sulfide) groups is 1. The normalized spacial score (nSPS) is 20.3. The molecule has 1 fully saturated rings. The van der Waals surface area contributed by atoms with Crippen LogP contribution in [0.4, 0.5) is 0 Å². The van der Waals surface area contributed by atoms with E-state index in [0.29, 0.717) is 12.5 Å². The highest BCUT2D eigenvalue weighted by Gasteiger charge is 2.27. The van der Waals surface area contributed by atoms with Crippen molar-refractivity contribution in [3.8, 4) is 0 Å². The van der Waals surface area contributed by atoms with Gasteiger partial charge in [0, 0.05) is 41.6 Å². The van der Waals surface area contributed by atoms with Gasteiger partial charge < -0.3 is 10.6 Å². The molecule has 1 atom stereocenters. The molecule has 1 unspecified atom stereocenters. The quantitative estimate of drug-likeness (QED) is 0.891. The lowest BCUT2D eigenvalue weighted by Gasteiger charge is -2.27. The third kappa shape index (κ3) is 4.19. The first kappa shape index (κ1) is 14.8. The third-order valence-electron chi connectivity index (χ3n) is 3.04. The van der Waals surface area contributed by atoms with Gasteiger partial charge in [-0.05, 0) is 20.8 Å². The number of aromatic nitrogens is 1. The van der Waals surface area contributed by atoms with Gasteiger partial charge in [-0.3, -0.25) is 4.79 Å². The molecular formula is C13H21N3OS2. The molecule has 0 aliphatic carbocycles. The molecule has 2 rings (SSSR count). The fourth-order valence-electron chi connectivity index (χ4n) is 2.07. The van der Waals surface area contributed by atoms with Crippen LogP contribution >= 0.6 is 23.1 Å². The molecule has 2 N–H and O–H groups in total. The van der Waals surface area contributed by atoms with Crippen molar-refractivity contribution < 1.29 is 4.79 Å². The molecule has 1 aliphatic rings. The Balaban J connectivity index is 1.90. The van der Waals surface area contributed by atoms with Crippen LogP contribution in [0.5, 0.6) is 0 Å². The number of thiazole rings is 1. The molecule has 1 aromatic rings. The van der Waals surface area contributed by atoms with Crippen LogP contribution < -0.4 is 10.6 Å². The van der Waals surface area contributed by atoms with Crippen LogP contribution in [0.1, 0.15) is 30.2 Å². The number of rotatable bonds is 4. The summed E-state index contributed by atoms with van der Waals surface area (Å²) in [5.74, 6) is 2.25. The number of hydrogen-bond donors (Lipinski definition) is 2. The Kier molecular flexibility index (Phi) is 4.86. The van der Waals surface area contributed by atoms with E-state index in [0.717, 1.165) is 23.1 Å². The number of carbonyl (C=O) groups is 1. The van der Waals surface area contributed by atoms with Gasteiger partial charge in [0.15, 0.2) is 0 Å². The zero-order valence-corrected chi connectivity index (χ0v) is 13.3. The lowest BCUT2D eigenvalue weighted by Crippen LogP contribution is -2.46. The van der Waals surface area contributed by atoms with Crippen molar-refractivity contribution in [2.24, 2.45) is 0 Å². The fourth-order valence-corrected chi connectivity index (χ4v) is 3.84. The number of hydrogen-bond acceptors (Lipinski definition) is 5. The van der Waals surface area contributed by atoms with Gasteiger partial charge in [-0.25, -0.2) is 4.98 Å². The molecule has 19 heavy (non-hydrogen) atoms. The second kappa shape index (κ2) is 6.24. The summed E-state index contributed by atoms with van der Waals surface area (Å²) < 4.78 is 0. The summed E-state index contributed by atoms with van der Waals surface area (Å²) in [7, 11) is 0. The minimum absolute atomic E-state index is 0.0952. The molecule has 1 aromatic heterocycles. The van der Waals surface area contributed by atoms with E-state index in [1.54, 1.807) is 11.3 Å². The Hall–Kier alpha value is -0.590. The first-order valence-electron chi connectivity index (χ1n) is 6.52. The zero-order valence-electron chi connectivity index (χ0n) is 11.7. The van der Waals surface area contributed by atoms with Gasteiger partial charge in [0.1, 0.15) is 5.01 Å². The highest BCUT2D eigenvalue weighted by molar-refractivity contribution is 7.99. The van der Waals surface area contributed by atoms with E-state index in [2.05, 4.69) is 15.6 Å². The topological polar surface area (TPSA) is 54.0 Å². The lowest BCUT2D eigenvalue weighted by atomic mass is 10.1. The molecule has 0 aromatic carbocycles. The van der Waals surface area contributed by atoms with E-state index in [1.165, 1.54) is 4.88 Å². The highest BCUT2D eigenvalue weighted by atomic mass is 32.2. The van der Waals surface area contributed by atoms with Gasteiger partial charge in [0.2, 0.25) is 5.91 Å². The first-order chi connectivity index (χ1) is 8.97. The van der Waals surface area contributed by atoms with E-state index in [1.807, 2.05) is 38.7 Å². The number of nitrogens with one attached hydrogen (secondary N) is 2. The van der Waals surface area contributed by atoms with Crippen molar-refractivity contribution in [2.45, 2.75) is 38.8 Å². The van der Waals surface area contributed by atoms with Crippen LogP contribution in [0.3, 0.4) is 0 Å². The lowest BCUT2D eigenvalue weighted by molar-refractivity contribution is -0.123. The fraction of sp³-hybridized carbons (Fsp3) is 0.692. The summed E-state index contributed by atoms with van der Waals surface area (Å²) in [6.45, 7) is 7.04. The van der Waals surface area contributed by atoms with Crippen LogP contribution in [-0.4, -0.2) is 35.0 Å². The van der Waals surface area contributed by atoms with E-state index < -0.39 is 5.54 Å². The SMILES string of the molecule is Cc1cnc(C(C)(C)NC(=O)CC2CSCCN2)s1. The Bertz CT molecular complexity index is 439. The molecule has 6 heteroatoms. The zero-order chi connectivity index (χ0) is 13.9. The van der Waals surface area contributed by atoms with Crippen LogP contribution in [0.15, 0.2) is 6.20 Å². The molecule has 0 bridgehead atoms. The number of nitrogens with zero attached hydrogens (tertiary/aromatic N) is 1. The van der Waals surface area contributed by atoms with Crippen LogP contribution in [0, 0.1) is 6.92 Å². The maximum Gasteiger partial charge on any atom is 0.222 e. The van der Waals surface area contributed by atoms with Gasteiger partial charge >= 0.3 is 0 Å². The summed E-state index contributed by atoms with van der Waals surface area (Å²) in [4.78, 5) is 17.7. The molecule has 4 nitrogen and oxygen atoms in total. The molecule has 0 saturated carbocycles. The maximum atomic E-state index is 12.1. The smallest absolute Gasteiger partial charge is 0.222 e. The Morgan fingerprint density at radius 2 is 2.42 bits per heavy atom. The minimum Gasteiger partial charge on any atom is -0.345 e. The Morgan fingerprint density at radius 3 is 3.00 bits per heavy atom. The van der Waals surface area contributed by atoms with Gasteiger partial charge in [-0.15, -0.1) is 11.3 Å². The van der Waals surface area contributed by atoms with Crippen molar-refractivity contribution in [2.75, 3.05) is 18.1 Å². The Morgan fingerprint density at radius 1 is 1.63 bits per heavy atom. The van der Waals surface area contributed by atoms with Gasteiger partial charge in [-0.2, -0.15) is 11.8 Å². The highest BCUT2D eigenvalue weighted by Crippen LogP contribution is 2.25. The molecule has 0 spiro atoms. The largest absolute Gasteiger partial charge is 0.345 e. The first-order valence-corrected chi connectivity index (χ1v) is 8.49. The molecule has 1 saturated heterocycles. The summed E-state index contributed by atoms with van der Waals surface area (Å²) in [5, 5.41) is 7.44. The molecule has 0 radical (unpaired) electrons. The molecule has 1 aliphatic heterocycles. The van der Waals surface area contributed by atoms with Crippen LogP contribution in [0.2, 0.25) is 0 Å². The number of amides is 1. The van der Waals surface area contributed by atoms with E-state index in [-0.39, 0.29) is 5.91 Å². The predicted molar refractivity (Wildman–Crippen MR) is 81.8 cm³/mol. The van der Waals surface area contributed by atoms with Crippen LogP contribution in [0.25, 0.3) is 0 Å². The standard InChI is InChI=1S/C13H21N3OS2/c1-9-7-15-12(19-9)13(2,3)16-11(17)6-10-8-18-5-4-14-10/h7,10,14H,4-6,8H2,1-3H3,(H,16,17). The summed E-state index contributed by atoms with van der Waals surface area (Å²) >= 11 is 3.55. The van der Waals surface area contributed by atoms with E-state index >= 15 is 0 Å². The molecular weight excluding hydrogens is 278 g/mol. The predicted octanol–water partition coefficient (Wildman–Crippen LogP) is 1.90. The average Bonchev–Trinajstić information content (AvgIpc) is 2.77. The van der Waals surface area contributed by atoms with Crippen molar-refractivity contribution in [1.29, 1.82) is 0 Å². The van der Waals surface area contributed by atoms with Crippen molar-refractivity contribution >= 4 is 29.0 Å². The summed E-state index contributed by atoms with van der Waals surface area (Å²) in [6.07, 6.45) is 2.40. The molecule has 106 valence electrons. The van der Waals surface area contributed by atoms with E-state index in [9.17, 15) is 4.79 Å². The van der Waals surface area contributed by atoms with Crippen molar-refractivity contribution in [1.82, 2.24) is 15.6 Å². The van der Waals surface area contributed by atoms with Crippen molar-refractivity contribution in [3.05, 3.63) is 16.1 Å². The summed E-state index contributed by atoms with van der Waals surface area (Å²) in [5.41, 5.74) is -0.391. The van der Waals surface area contributed by atoms with Crippen LogP contribution in [-0.2, 0) is 10.3 Å². The maximum absolute atomic E-state index is 12.1. The molecule has 2 heterocycles. The second-order valence-electron chi connectivity index (χ2n) is 5.38. The second-order valence-corrected chi connectivity index (χ2v) is 7.76. The summed E-state index contributed by atoms with van der Waals surface area (Å²) in [6, 6.07) is 0.299. The number of aryl methyl sites for hydroxylation is 1. The van der Waals surface area contributed by atoms with Gasteiger partial charge in [0.25, 0.3) is 0 Å². The van der Waals surface area contributed by atoms with Gasteiger partial charge in [-0.1, -0.05) is 0 Å². The Labute approximate surface area is 122 Å².